The highest BCUT2D eigenvalue weighted by Crippen LogP contribution is 2.32. The molecule has 0 saturated carbocycles. The van der Waals surface area contributed by atoms with Crippen molar-refractivity contribution in [2.75, 3.05) is 39.3 Å². The molecular weight excluding hydrogens is 505 g/mol. The van der Waals surface area contributed by atoms with E-state index in [2.05, 4.69) is 19.9 Å². The molecule has 3 heterocycles. The molecule has 2 aromatic heterocycles. The average Bonchev–Trinajstić information content (AvgIpc) is 3.49. The summed E-state index contributed by atoms with van der Waals surface area (Å²) in [5, 5.41) is 15.4. The third-order valence-corrected chi connectivity index (χ3v) is 7.22. The number of hydrogen-bond donors (Lipinski definition) is 1. The number of benzene rings is 2. The van der Waals surface area contributed by atoms with E-state index in [0.717, 1.165) is 53.5 Å². The molecule has 0 spiro atoms. The van der Waals surface area contributed by atoms with Crippen LogP contribution >= 0.6 is 11.3 Å². The van der Waals surface area contributed by atoms with Gasteiger partial charge in [0.2, 0.25) is 0 Å². The molecule has 196 valence electrons. The number of thiazole rings is 1. The second kappa shape index (κ2) is 10.8. The summed E-state index contributed by atoms with van der Waals surface area (Å²) < 4.78 is 51.3. The molecule has 0 amide bonds. The number of aryl methyl sites for hydroxylation is 1. The number of fused-ring (bicyclic) bond motifs is 1. The summed E-state index contributed by atoms with van der Waals surface area (Å²) in [6.07, 6.45) is -5.03. The minimum absolute atomic E-state index is 0.200. The number of alkyl halides is 3. The molecule has 1 atom stereocenters. The number of nitrogens with zero attached hydrogens (tertiary/aromatic N) is 4. The molecule has 0 radical (unpaired) electrons. The molecule has 0 aliphatic carbocycles. The fraction of sp³-hybridized carbons (Fsp3) is 0.385. The molecule has 11 heteroatoms. The van der Waals surface area contributed by atoms with Gasteiger partial charge in [0, 0.05) is 50.4 Å². The van der Waals surface area contributed by atoms with Crippen molar-refractivity contribution in [1.82, 2.24) is 19.9 Å². The van der Waals surface area contributed by atoms with Crippen LogP contribution in [0, 0.1) is 6.92 Å². The van der Waals surface area contributed by atoms with Crippen molar-refractivity contribution >= 4 is 21.6 Å². The van der Waals surface area contributed by atoms with Crippen LogP contribution in [0.3, 0.4) is 0 Å². The number of ether oxygens (including phenoxy) is 1. The summed E-state index contributed by atoms with van der Waals surface area (Å²) in [7, 11) is 0. The van der Waals surface area contributed by atoms with Gasteiger partial charge in [-0.2, -0.15) is 13.2 Å². The predicted octanol–water partition coefficient (Wildman–Crippen LogP) is 4.84. The van der Waals surface area contributed by atoms with Crippen molar-refractivity contribution in [2.24, 2.45) is 0 Å². The van der Waals surface area contributed by atoms with Crippen LogP contribution in [0.5, 0.6) is 5.75 Å². The van der Waals surface area contributed by atoms with Crippen LogP contribution in [0.1, 0.15) is 16.3 Å². The Kier molecular flexibility index (Phi) is 7.47. The van der Waals surface area contributed by atoms with E-state index in [1.165, 1.54) is 6.07 Å². The Balaban J connectivity index is 1.07. The lowest BCUT2D eigenvalue weighted by Gasteiger charge is -2.35. The van der Waals surface area contributed by atoms with Crippen molar-refractivity contribution in [2.45, 2.75) is 25.7 Å². The Hall–Kier alpha value is -2.99. The van der Waals surface area contributed by atoms with E-state index in [0.29, 0.717) is 35.9 Å². The third kappa shape index (κ3) is 6.48. The van der Waals surface area contributed by atoms with Crippen LogP contribution in [-0.4, -0.2) is 70.5 Å². The summed E-state index contributed by atoms with van der Waals surface area (Å²) in [5.41, 5.74) is 0.938. The Morgan fingerprint density at radius 3 is 2.65 bits per heavy atom. The van der Waals surface area contributed by atoms with Crippen LogP contribution < -0.4 is 4.74 Å². The average molecular weight is 533 g/mol. The molecule has 1 aliphatic rings. The van der Waals surface area contributed by atoms with Crippen molar-refractivity contribution in [3.05, 3.63) is 64.9 Å². The van der Waals surface area contributed by atoms with Gasteiger partial charge in [0.15, 0.2) is 5.76 Å². The van der Waals surface area contributed by atoms with Gasteiger partial charge in [0.1, 0.15) is 24.2 Å². The predicted molar refractivity (Wildman–Crippen MR) is 135 cm³/mol. The van der Waals surface area contributed by atoms with E-state index < -0.39 is 17.8 Å². The van der Waals surface area contributed by atoms with E-state index in [1.54, 1.807) is 23.5 Å². The Labute approximate surface area is 216 Å². The van der Waals surface area contributed by atoms with E-state index in [9.17, 15) is 18.3 Å². The van der Waals surface area contributed by atoms with Gasteiger partial charge < -0.3 is 14.4 Å². The summed E-state index contributed by atoms with van der Waals surface area (Å²) in [5.74, 6) is 1.29. The lowest BCUT2D eigenvalue weighted by Crippen LogP contribution is -2.48. The first-order chi connectivity index (χ1) is 17.7. The number of hydrogen-bond acceptors (Lipinski definition) is 8. The lowest BCUT2D eigenvalue weighted by atomic mass is 10.1. The second-order valence-electron chi connectivity index (χ2n) is 9.16. The van der Waals surface area contributed by atoms with E-state index in [4.69, 9.17) is 9.26 Å². The normalized spacial score (nSPS) is 16.4. The zero-order valence-corrected chi connectivity index (χ0v) is 21.1. The molecule has 1 fully saturated rings. The Morgan fingerprint density at radius 1 is 1.08 bits per heavy atom. The van der Waals surface area contributed by atoms with Crippen LogP contribution in [-0.2, 0) is 12.7 Å². The SMILES string of the molecule is Cc1nc2cc(OC[C@@H](O)CN3CCN(Cc4cc(-c5cccc(C(F)(F)F)c5)no4)CC3)ccc2s1. The van der Waals surface area contributed by atoms with E-state index >= 15 is 0 Å². The number of aliphatic hydroxyl groups excluding tert-OH is 1. The van der Waals surface area contributed by atoms with E-state index in [1.807, 2.05) is 25.1 Å². The third-order valence-electron chi connectivity index (χ3n) is 6.27. The molecule has 0 unspecified atom stereocenters. The number of aliphatic hydroxyl groups is 1. The first kappa shape index (κ1) is 25.7. The molecule has 7 nitrogen and oxygen atoms in total. The molecule has 2 aromatic carbocycles. The highest BCUT2D eigenvalue weighted by molar-refractivity contribution is 7.18. The molecule has 37 heavy (non-hydrogen) atoms. The first-order valence-corrected chi connectivity index (χ1v) is 12.8. The maximum absolute atomic E-state index is 13.0. The zero-order chi connectivity index (χ0) is 26.0. The van der Waals surface area contributed by atoms with Gasteiger partial charge >= 0.3 is 6.18 Å². The van der Waals surface area contributed by atoms with Gasteiger partial charge in [-0.25, -0.2) is 4.98 Å². The molecule has 1 aliphatic heterocycles. The molecule has 0 bridgehead atoms. The maximum Gasteiger partial charge on any atom is 0.416 e. The van der Waals surface area contributed by atoms with Crippen LogP contribution in [0.25, 0.3) is 21.5 Å². The van der Waals surface area contributed by atoms with Gasteiger partial charge in [-0.3, -0.25) is 9.80 Å². The second-order valence-corrected chi connectivity index (χ2v) is 10.4. The van der Waals surface area contributed by atoms with Gasteiger partial charge in [0.05, 0.1) is 27.3 Å². The van der Waals surface area contributed by atoms with Crippen molar-refractivity contribution < 1.29 is 27.5 Å². The number of aromatic nitrogens is 2. The highest BCUT2D eigenvalue weighted by atomic mass is 32.1. The summed E-state index contributed by atoms with van der Waals surface area (Å²) in [6, 6.07) is 12.5. The van der Waals surface area contributed by atoms with Gasteiger partial charge in [-0.05, 0) is 31.2 Å². The minimum atomic E-state index is -4.41. The van der Waals surface area contributed by atoms with Crippen molar-refractivity contribution in [3.63, 3.8) is 0 Å². The number of piperazine rings is 1. The van der Waals surface area contributed by atoms with Crippen LogP contribution in [0.2, 0.25) is 0 Å². The molecule has 1 N–H and O–H groups in total. The number of rotatable bonds is 8. The quantitative estimate of drug-likeness (QED) is 0.348. The monoisotopic (exact) mass is 532 g/mol. The maximum atomic E-state index is 13.0. The van der Waals surface area contributed by atoms with Crippen molar-refractivity contribution in [1.29, 1.82) is 0 Å². The Bertz CT molecular complexity index is 1350. The fourth-order valence-corrected chi connectivity index (χ4v) is 5.19. The largest absolute Gasteiger partial charge is 0.491 e. The van der Waals surface area contributed by atoms with Gasteiger partial charge in [0.25, 0.3) is 0 Å². The lowest BCUT2D eigenvalue weighted by molar-refractivity contribution is -0.137. The molecule has 1 saturated heterocycles. The van der Waals surface area contributed by atoms with Gasteiger partial charge in [-0.1, -0.05) is 17.3 Å². The molecule has 5 rings (SSSR count). The Morgan fingerprint density at radius 2 is 1.86 bits per heavy atom. The first-order valence-electron chi connectivity index (χ1n) is 12.0. The zero-order valence-electron chi connectivity index (χ0n) is 20.2. The summed E-state index contributed by atoms with van der Waals surface area (Å²) in [4.78, 5) is 8.85. The minimum Gasteiger partial charge on any atom is -0.491 e. The fourth-order valence-electron chi connectivity index (χ4n) is 4.38. The topological polar surface area (TPSA) is 74.9 Å². The highest BCUT2D eigenvalue weighted by Gasteiger charge is 2.30. The van der Waals surface area contributed by atoms with Crippen LogP contribution in [0.4, 0.5) is 13.2 Å². The molecular formula is C26H27F3N4O3S. The van der Waals surface area contributed by atoms with Crippen molar-refractivity contribution in [3.8, 4) is 17.0 Å². The summed E-state index contributed by atoms with van der Waals surface area (Å²) >= 11 is 1.64. The number of β-amino-alcohol motifs (C(OH)–C–C–N with tert-alkyl or cyclic N) is 1. The van der Waals surface area contributed by atoms with Gasteiger partial charge in [-0.15, -0.1) is 11.3 Å². The standard InChI is InChI=1S/C26H27F3N4O3S/c1-17-30-24-12-21(5-6-25(24)37-17)35-16-20(34)14-32-7-9-33(10-8-32)15-22-13-23(31-36-22)18-3-2-4-19(11-18)26(27,28)29/h2-6,11-13,20,34H,7-10,14-16H2,1H3/t20-/m0/s1. The smallest absolute Gasteiger partial charge is 0.416 e. The number of halogens is 3. The van der Waals surface area contributed by atoms with E-state index in [-0.39, 0.29) is 6.61 Å². The summed E-state index contributed by atoms with van der Waals surface area (Å²) in [6.45, 7) is 6.28. The van der Waals surface area contributed by atoms with Crippen LogP contribution in [0.15, 0.2) is 53.1 Å². The molecule has 4 aromatic rings.